The summed E-state index contributed by atoms with van der Waals surface area (Å²) in [5.74, 6) is -0.209. The van der Waals surface area contributed by atoms with Crippen molar-refractivity contribution >= 4 is 5.97 Å². The molecule has 1 aromatic carbocycles. The SMILES string of the molecule is Cc1cc(O)ccc1C(=O)OC(C)(C)C. The van der Waals surface area contributed by atoms with Crippen molar-refractivity contribution in [3.05, 3.63) is 29.3 Å². The van der Waals surface area contributed by atoms with Gasteiger partial charge in [0.15, 0.2) is 0 Å². The molecule has 3 heteroatoms. The number of aryl methyl sites for hydroxylation is 1. The molecule has 3 nitrogen and oxygen atoms in total. The van der Waals surface area contributed by atoms with Gasteiger partial charge in [0.2, 0.25) is 0 Å². The minimum atomic E-state index is -0.499. The molecular weight excluding hydrogens is 192 g/mol. The summed E-state index contributed by atoms with van der Waals surface area (Å²) in [6, 6.07) is 4.59. The Bertz CT molecular complexity index is 375. The highest BCUT2D eigenvalue weighted by Gasteiger charge is 2.19. The smallest absolute Gasteiger partial charge is 0.338 e. The van der Waals surface area contributed by atoms with Crippen molar-refractivity contribution in [2.45, 2.75) is 33.3 Å². The van der Waals surface area contributed by atoms with E-state index in [9.17, 15) is 9.90 Å². The molecule has 0 saturated carbocycles. The van der Waals surface area contributed by atoms with Crippen LogP contribution in [0.25, 0.3) is 0 Å². The normalized spacial score (nSPS) is 11.2. The Balaban J connectivity index is 2.92. The molecule has 0 spiro atoms. The summed E-state index contributed by atoms with van der Waals surface area (Å²) in [5.41, 5.74) is 0.702. The first-order valence-electron chi connectivity index (χ1n) is 4.82. The third kappa shape index (κ3) is 3.27. The van der Waals surface area contributed by atoms with Gasteiger partial charge in [0.1, 0.15) is 11.4 Å². The Kier molecular flexibility index (Phi) is 3.03. The van der Waals surface area contributed by atoms with Crippen molar-refractivity contribution in [1.82, 2.24) is 0 Å². The molecule has 15 heavy (non-hydrogen) atoms. The molecule has 0 amide bonds. The first-order chi connectivity index (χ1) is 6.79. The van der Waals surface area contributed by atoms with Gasteiger partial charge in [0.25, 0.3) is 0 Å². The summed E-state index contributed by atoms with van der Waals surface area (Å²) in [5, 5.41) is 9.20. The van der Waals surface area contributed by atoms with Gasteiger partial charge in [-0.2, -0.15) is 0 Å². The highest BCUT2D eigenvalue weighted by molar-refractivity contribution is 5.91. The second kappa shape index (κ2) is 3.93. The van der Waals surface area contributed by atoms with Gasteiger partial charge in [0, 0.05) is 0 Å². The van der Waals surface area contributed by atoms with Crippen LogP contribution in [-0.2, 0) is 4.74 Å². The zero-order chi connectivity index (χ0) is 11.6. The molecule has 0 heterocycles. The van der Waals surface area contributed by atoms with Crippen LogP contribution in [0.5, 0.6) is 5.75 Å². The van der Waals surface area contributed by atoms with E-state index in [4.69, 9.17) is 4.74 Å². The third-order valence-electron chi connectivity index (χ3n) is 1.83. The molecule has 0 aliphatic rings. The monoisotopic (exact) mass is 208 g/mol. The van der Waals surface area contributed by atoms with Crippen LogP contribution >= 0.6 is 0 Å². The molecule has 0 unspecified atom stereocenters. The lowest BCUT2D eigenvalue weighted by Gasteiger charge is -2.20. The lowest BCUT2D eigenvalue weighted by molar-refractivity contribution is 0.00688. The van der Waals surface area contributed by atoms with E-state index in [1.165, 1.54) is 6.07 Å². The zero-order valence-electron chi connectivity index (χ0n) is 9.50. The zero-order valence-corrected chi connectivity index (χ0v) is 9.50. The van der Waals surface area contributed by atoms with E-state index in [-0.39, 0.29) is 11.7 Å². The summed E-state index contributed by atoms with van der Waals surface area (Å²) in [6.07, 6.45) is 0. The van der Waals surface area contributed by atoms with Crippen LogP contribution in [0.15, 0.2) is 18.2 Å². The fourth-order valence-corrected chi connectivity index (χ4v) is 1.21. The van der Waals surface area contributed by atoms with Gasteiger partial charge < -0.3 is 9.84 Å². The molecule has 0 radical (unpaired) electrons. The van der Waals surface area contributed by atoms with Crippen LogP contribution in [-0.4, -0.2) is 16.7 Å². The predicted octanol–water partition coefficient (Wildman–Crippen LogP) is 2.66. The molecule has 0 aromatic heterocycles. The topological polar surface area (TPSA) is 46.5 Å². The Labute approximate surface area is 89.7 Å². The maximum Gasteiger partial charge on any atom is 0.338 e. The van der Waals surface area contributed by atoms with Crippen LogP contribution in [0.4, 0.5) is 0 Å². The maximum absolute atomic E-state index is 11.7. The van der Waals surface area contributed by atoms with E-state index in [2.05, 4.69) is 0 Å². The largest absolute Gasteiger partial charge is 0.508 e. The van der Waals surface area contributed by atoms with E-state index in [1.807, 2.05) is 20.8 Å². The second-order valence-corrected chi connectivity index (χ2v) is 4.50. The van der Waals surface area contributed by atoms with Gasteiger partial charge >= 0.3 is 5.97 Å². The van der Waals surface area contributed by atoms with Crippen LogP contribution in [0.3, 0.4) is 0 Å². The van der Waals surface area contributed by atoms with E-state index in [0.717, 1.165) is 0 Å². The Morgan fingerprint density at radius 2 is 1.93 bits per heavy atom. The average Bonchev–Trinajstić information content (AvgIpc) is 1.99. The van der Waals surface area contributed by atoms with E-state index >= 15 is 0 Å². The molecule has 1 aromatic rings. The number of phenols is 1. The minimum absolute atomic E-state index is 0.153. The van der Waals surface area contributed by atoms with Gasteiger partial charge in [-0.15, -0.1) is 0 Å². The lowest BCUT2D eigenvalue weighted by atomic mass is 10.1. The van der Waals surface area contributed by atoms with Crippen LogP contribution in [0, 0.1) is 6.92 Å². The number of carbonyl (C=O) groups excluding carboxylic acids is 1. The number of esters is 1. The van der Waals surface area contributed by atoms with Gasteiger partial charge in [0.05, 0.1) is 5.56 Å². The number of hydrogen-bond acceptors (Lipinski definition) is 3. The fraction of sp³-hybridized carbons (Fsp3) is 0.417. The maximum atomic E-state index is 11.7. The van der Waals surface area contributed by atoms with Crippen molar-refractivity contribution in [2.24, 2.45) is 0 Å². The third-order valence-corrected chi connectivity index (χ3v) is 1.83. The summed E-state index contributed by atoms with van der Waals surface area (Å²) >= 11 is 0. The summed E-state index contributed by atoms with van der Waals surface area (Å²) in [4.78, 5) is 11.7. The number of hydrogen-bond donors (Lipinski definition) is 1. The van der Waals surface area contributed by atoms with E-state index < -0.39 is 5.60 Å². The summed E-state index contributed by atoms with van der Waals surface area (Å²) in [7, 11) is 0. The number of aromatic hydroxyl groups is 1. The van der Waals surface area contributed by atoms with Gasteiger partial charge in [-0.3, -0.25) is 0 Å². The summed E-state index contributed by atoms with van der Waals surface area (Å²) in [6.45, 7) is 7.22. The molecule has 0 atom stereocenters. The first kappa shape index (κ1) is 11.6. The molecular formula is C12H16O3. The number of carbonyl (C=O) groups is 1. The first-order valence-corrected chi connectivity index (χ1v) is 4.82. The van der Waals surface area contributed by atoms with Crippen LogP contribution in [0.2, 0.25) is 0 Å². The quantitative estimate of drug-likeness (QED) is 0.722. The van der Waals surface area contributed by atoms with Crippen molar-refractivity contribution in [1.29, 1.82) is 0 Å². The highest BCUT2D eigenvalue weighted by Crippen LogP contribution is 2.18. The molecule has 0 aliphatic heterocycles. The molecule has 0 aliphatic carbocycles. The molecule has 1 rings (SSSR count). The lowest BCUT2D eigenvalue weighted by Crippen LogP contribution is -2.24. The summed E-state index contributed by atoms with van der Waals surface area (Å²) < 4.78 is 5.22. The minimum Gasteiger partial charge on any atom is -0.508 e. The molecule has 0 bridgehead atoms. The van der Waals surface area contributed by atoms with Crippen molar-refractivity contribution in [3.8, 4) is 5.75 Å². The molecule has 0 saturated heterocycles. The van der Waals surface area contributed by atoms with Crippen molar-refractivity contribution < 1.29 is 14.6 Å². The number of benzene rings is 1. The van der Waals surface area contributed by atoms with E-state index in [0.29, 0.717) is 11.1 Å². The Hall–Kier alpha value is -1.51. The number of rotatable bonds is 1. The van der Waals surface area contributed by atoms with Crippen molar-refractivity contribution in [2.75, 3.05) is 0 Å². The second-order valence-electron chi connectivity index (χ2n) is 4.50. The van der Waals surface area contributed by atoms with Gasteiger partial charge in [-0.05, 0) is 51.5 Å². The molecule has 82 valence electrons. The van der Waals surface area contributed by atoms with Crippen LogP contribution < -0.4 is 0 Å². The Morgan fingerprint density at radius 1 is 1.33 bits per heavy atom. The van der Waals surface area contributed by atoms with Gasteiger partial charge in [-0.25, -0.2) is 4.79 Å². The van der Waals surface area contributed by atoms with Crippen LogP contribution in [0.1, 0.15) is 36.7 Å². The number of phenolic OH excluding ortho intramolecular Hbond substituents is 1. The van der Waals surface area contributed by atoms with Crippen molar-refractivity contribution in [3.63, 3.8) is 0 Å². The van der Waals surface area contributed by atoms with Gasteiger partial charge in [-0.1, -0.05) is 0 Å². The number of ether oxygens (including phenoxy) is 1. The fourth-order valence-electron chi connectivity index (χ4n) is 1.21. The highest BCUT2D eigenvalue weighted by atomic mass is 16.6. The standard InChI is InChI=1S/C12H16O3/c1-8-7-9(13)5-6-10(8)11(14)15-12(2,3)4/h5-7,13H,1-4H3. The average molecular weight is 208 g/mol. The molecule has 0 fully saturated rings. The predicted molar refractivity (Wildman–Crippen MR) is 58.0 cm³/mol. The molecule has 1 N–H and O–H groups in total. The van der Waals surface area contributed by atoms with E-state index in [1.54, 1.807) is 19.1 Å². The Morgan fingerprint density at radius 3 is 2.40 bits per heavy atom.